The van der Waals surface area contributed by atoms with Gasteiger partial charge in [-0.1, -0.05) is 12.1 Å². The molecule has 0 radical (unpaired) electrons. The van der Waals surface area contributed by atoms with Crippen LogP contribution in [0.3, 0.4) is 0 Å². The minimum absolute atomic E-state index is 0.157. The summed E-state index contributed by atoms with van der Waals surface area (Å²) in [4.78, 5) is 16.2. The number of aryl methyl sites for hydroxylation is 1. The quantitative estimate of drug-likeness (QED) is 0.880. The number of carbonyl (C=O) groups is 1. The number of carbonyl (C=O) groups excluding carboxylic acids is 1. The molecule has 2 rings (SSSR count). The molecule has 0 spiro atoms. The third-order valence-corrected chi connectivity index (χ3v) is 3.19. The fraction of sp³-hybridized carbons (Fsp3) is 0.250. The molecule has 0 unspecified atom stereocenters. The van der Waals surface area contributed by atoms with Crippen molar-refractivity contribution in [2.24, 2.45) is 0 Å². The van der Waals surface area contributed by atoms with Gasteiger partial charge >= 0.3 is 0 Å². The third-order valence-electron chi connectivity index (χ3n) is 3.19. The summed E-state index contributed by atoms with van der Waals surface area (Å²) in [6.07, 6.45) is 2.28. The third kappa shape index (κ3) is 3.95. The SMILES string of the molecule is COc1cccc(CCNC(=O)c2cc(N)cnc2C)c1. The molecule has 0 saturated carbocycles. The molecule has 0 aliphatic heterocycles. The highest BCUT2D eigenvalue weighted by molar-refractivity contribution is 5.95. The van der Waals surface area contributed by atoms with Crippen LogP contribution in [0.25, 0.3) is 0 Å². The van der Waals surface area contributed by atoms with Gasteiger partial charge in [0.25, 0.3) is 5.91 Å². The molecule has 1 heterocycles. The molecule has 3 N–H and O–H groups in total. The summed E-state index contributed by atoms with van der Waals surface area (Å²) < 4.78 is 5.17. The standard InChI is InChI=1S/C16H19N3O2/c1-11-15(9-13(17)10-19-11)16(20)18-7-6-12-4-3-5-14(8-12)21-2/h3-5,8-10H,6-7,17H2,1-2H3,(H,18,20). The first-order chi connectivity index (χ1) is 10.1. The van der Waals surface area contributed by atoms with Crippen molar-refractivity contribution in [3.05, 3.63) is 53.3 Å². The molecule has 1 aromatic heterocycles. The number of nitrogens with zero attached hydrogens (tertiary/aromatic N) is 1. The van der Waals surface area contributed by atoms with Crippen LogP contribution in [-0.4, -0.2) is 24.5 Å². The smallest absolute Gasteiger partial charge is 0.253 e. The summed E-state index contributed by atoms with van der Waals surface area (Å²) in [6.45, 7) is 2.33. The van der Waals surface area contributed by atoms with Crippen LogP contribution < -0.4 is 15.8 Å². The van der Waals surface area contributed by atoms with E-state index in [0.29, 0.717) is 23.5 Å². The van der Waals surface area contributed by atoms with Crippen molar-refractivity contribution >= 4 is 11.6 Å². The van der Waals surface area contributed by atoms with Gasteiger partial charge in [-0.3, -0.25) is 9.78 Å². The monoisotopic (exact) mass is 285 g/mol. The van der Waals surface area contributed by atoms with Gasteiger partial charge in [0, 0.05) is 6.54 Å². The number of anilines is 1. The van der Waals surface area contributed by atoms with Gasteiger partial charge in [-0.2, -0.15) is 0 Å². The van der Waals surface area contributed by atoms with Gasteiger partial charge in [0.1, 0.15) is 5.75 Å². The predicted molar refractivity (Wildman–Crippen MR) is 82.4 cm³/mol. The highest BCUT2D eigenvalue weighted by atomic mass is 16.5. The Kier molecular flexibility index (Phi) is 4.77. The van der Waals surface area contributed by atoms with Gasteiger partial charge in [0.05, 0.1) is 30.3 Å². The number of benzene rings is 1. The minimum Gasteiger partial charge on any atom is -0.497 e. The lowest BCUT2D eigenvalue weighted by atomic mass is 10.1. The molecule has 5 heteroatoms. The first-order valence-corrected chi connectivity index (χ1v) is 6.73. The molecule has 21 heavy (non-hydrogen) atoms. The molecule has 1 aromatic carbocycles. The molecular formula is C16H19N3O2. The highest BCUT2D eigenvalue weighted by Crippen LogP contribution is 2.13. The molecule has 1 amide bonds. The van der Waals surface area contributed by atoms with Crippen molar-refractivity contribution in [2.75, 3.05) is 19.4 Å². The van der Waals surface area contributed by atoms with Gasteiger partial charge in [0.15, 0.2) is 0 Å². The Labute approximate surface area is 124 Å². The van der Waals surface area contributed by atoms with Gasteiger partial charge in [-0.25, -0.2) is 0 Å². The maximum Gasteiger partial charge on any atom is 0.253 e. The van der Waals surface area contributed by atoms with Crippen molar-refractivity contribution in [1.29, 1.82) is 0 Å². The number of nitrogen functional groups attached to an aromatic ring is 1. The van der Waals surface area contributed by atoms with Crippen LogP contribution in [0.4, 0.5) is 5.69 Å². The number of nitrogens with one attached hydrogen (secondary N) is 1. The number of ether oxygens (including phenoxy) is 1. The average Bonchev–Trinajstić information content (AvgIpc) is 2.49. The van der Waals surface area contributed by atoms with E-state index in [-0.39, 0.29) is 5.91 Å². The second-order valence-corrected chi connectivity index (χ2v) is 4.76. The Hall–Kier alpha value is -2.56. The molecule has 0 fully saturated rings. The predicted octanol–water partition coefficient (Wildman–Crippen LogP) is 1.95. The molecule has 0 aliphatic rings. The Morgan fingerprint density at radius 2 is 2.19 bits per heavy atom. The van der Waals surface area contributed by atoms with Crippen LogP contribution in [0.1, 0.15) is 21.6 Å². The van der Waals surface area contributed by atoms with Gasteiger partial charge in [-0.15, -0.1) is 0 Å². The Bertz CT molecular complexity index is 641. The van der Waals surface area contributed by atoms with E-state index in [1.165, 1.54) is 0 Å². The number of hydrogen-bond acceptors (Lipinski definition) is 4. The number of aromatic nitrogens is 1. The summed E-state index contributed by atoms with van der Waals surface area (Å²) in [5, 5.41) is 2.88. The maximum atomic E-state index is 12.1. The van der Waals surface area contributed by atoms with Crippen LogP contribution in [0.15, 0.2) is 36.5 Å². The van der Waals surface area contributed by atoms with Gasteiger partial charge < -0.3 is 15.8 Å². The number of nitrogens with two attached hydrogens (primary N) is 1. The summed E-state index contributed by atoms with van der Waals surface area (Å²) in [5.74, 6) is 0.657. The lowest BCUT2D eigenvalue weighted by molar-refractivity contribution is 0.0953. The van der Waals surface area contributed by atoms with Gasteiger partial charge in [0.2, 0.25) is 0 Å². The highest BCUT2D eigenvalue weighted by Gasteiger charge is 2.09. The van der Waals surface area contributed by atoms with Crippen molar-refractivity contribution in [3.63, 3.8) is 0 Å². The number of hydrogen-bond donors (Lipinski definition) is 2. The summed E-state index contributed by atoms with van der Waals surface area (Å²) in [6, 6.07) is 9.43. The van der Waals surface area contributed by atoms with E-state index in [2.05, 4.69) is 10.3 Å². The second-order valence-electron chi connectivity index (χ2n) is 4.76. The lowest BCUT2D eigenvalue weighted by Crippen LogP contribution is -2.26. The fourth-order valence-corrected chi connectivity index (χ4v) is 2.02. The average molecular weight is 285 g/mol. The van der Waals surface area contributed by atoms with Crippen molar-refractivity contribution in [3.8, 4) is 5.75 Å². The molecular weight excluding hydrogens is 266 g/mol. The van der Waals surface area contributed by atoms with E-state index < -0.39 is 0 Å². The largest absolute Gasteiger partial charge is 0.497 e. The summed E-state index contributed by atoms with van der Waals surface area (Å²) in [7, 11) is 1.64. The molecule has 0 atom stereocenters. The minimum atomic E-state index is -0.157. The molecule has 0 aliphatic carbocycles. The van der Waals surface area contributed by atoms with Crippen molar-refractivity contribution in [1.82, 2.24) is 10.3 Å². The van der Waals surface area contributed by atoms with E-state index in [4.69, 9.17) is 10.5 Å². The number of amides is 1. The van der Waals surface area contributed by atoms with E-state index in [0.717, 1.165) is 17.7 Å². The first-order valence-electron chi connectivity index (χ1n) is 6.73. The summed E-state index contributed by atoms with van der Waals surface area (Å²) >= 11 is 0. The van der Waals surface area contributed by atoms with Crippen LogP contribution >= 0.6 is 0 Å². The van der Waals surface area contributed by atoms with Crippen LogP contribution in [0, 0.1) is 6.92 Å². The lowest BCUT2D eigenvalue weighted by Gasteiger charge is -2.08. The topological polar surface area (TPSA) is 77.2 Å². The summed E-state index contributed by atoms with van der Waals surface area (Å²) in [5.41, 5.74) is 8.44. The zero-order valence-electron chi connectivity index (χ0n) is 12.2. The number of pyridine rings is 1. The molecule has 110 valence electrons. The van der Waals surface area contributed by atoms with Crippen LogP contribution in [0.5, 0.6) is 5.75 Å². The van der Waals surface area contributed by atoms with Crippen molar-refractivity contribution in [2.45, 2.75) is 13.3 Å². The molecule has 0 bridgehead atoms. The number of methoxy groups -OCH3 is 1. The number of rotatable bonds is 5. The maximum absolute atomic E-state index is 12.1. The second kappa shape index (κ2) is 6.74. The van der Waals surface area contributed by atoms with E-state index >= 15 is 0 Å². The first kappa shape index (κ1) is 14.8. The molecule has 5 nitrogen and oxygen atoms in total. The van der Waals surface area contributed by atoms with Gasteiger partial charge in [-0.05, 0) is 37.1 Å². The zero-order valence-corrected chi connectivity index (χ0v) is 12.2. The van der Waals surface area contributed by atoms with Crippen LogP contribution in [0.2, 0.25) is 0 Å². The normalized spacial score (nSPS) is 10.2. The van der Waals surface area contributed by atoms with E-state index in [1.807, 2.05) is 24.3 Å². The van der Waals surface area contributed by atoms with Crippen molar-refractivity contribution < 1.29 is 9.53 Å². The zero-order chi connectivity index (χ0) is 15.2. The van der Waals surface area contributed by atoms with E-state index in [9.17, 15) is 4.79 Å². The Morgan fingerprint density at radius 1 is 1.38 bits per heavy atom. The van der Waals surface area contributed by atoms with E-state index in [1.54, 1.807) is 26.3 Å². The Morgan fingerprint density at radius 3 is 2.95 bits per heavy atom. The fourth-order valence-electron chi connectivity index (χ4n) is 2.02. The van der Waals surface area contributed by atoms with Crippen LogP contribution in [-0.2, 0) is 6.42 Å². The Balaban J connectivity index is 1.93. The molecule has 2 aromatic rings. The molecule has 0 saturated heterocycles.